The minimum absolute atomic E-state index is 0.0807. The van der Waals surface area contributed by atoms with E-state index in [1.54, 1.807) is 0 Å². The maximum atomic E-state index is 11.9. The predicted molar refractivity (Wildman–Crippen MR) is 38.9 cm³/mol. The lowest BCUT2D eigenvalue weighted by molar-refractivity contribution is -0.234. The summed E-state index contributed by atoms with van der Waals surface area (Å²) in [7, 11) is 0. The second-order valence-corrected chi connectivity index (χ2v) is 2.92. The third kappa shape index (κ3) is 2.36. The van der Waals surface area contributed by atoms with Crippen molar-refractivity contribution in [1.29, 1.82) is 0 Å². The van der Waals surface area contributed by atoms with Gasteiger partial charge in [0.05, 0.1) is 6.61 Å². The third-order valence-corrected chi connectivity index (χ3v) is 2.00. The molecule has 0 bridgehead atoms. The first kappa shape index (κ1) is 9.83. The molecule has 0 aromatic carbocycles. The zero-order valence-electron chi connectivity index (χ0n) is 6.76. The quantitative estimate of drug-likeness (QED) is 0.698. The molecule has 1 rings (SSSR count). The highest BCUT2D eigenvalue weighted by molar-refractivity contribution is 4.84. The fraction of sp³-hybridized carbons (Fsp3) is 1.00. The van der Waals surface area contributed by atoms with Crippen LogP contribution in [0, 0.1) is 0 Å². The topological polar surface area (TPSA) is 44.5 Å². The molecule has 1 aliphatic rings. The lowest BCUT2D eigenvalue weighted by Gasteiger charge is -2.35. The highest BCUT2D eigenvalue weighted by Crippen LogP contribution is 2.24. The van der Waals surface area contributed by atoms with Gasteiger partial charge in [-0.05, 0) is 12.8 Å². The Morgan fingerprint density at radius 1 is 1.58 bits per heavy atom. The van der Waals surface area contributed by atoms with E-state index < -0.39 is 12.2 Å². The third-order valence-electron chi connectivity index (χ3n) is 2.00. The van der Waals surface area contributed by atoms with Gasteiger partial charge in [0.2, 0.25) is 0 Å². The number of hydrogen-bond donors (Lipinski definition) is 1. The SMILES string of the molecule is NCC1(OC(F)F)CCCOC1. The van der Waals surface area contributed by atoms with Gasteiger partial charge in [-0.2, -0.15) is 8.78 Å². The molecule has 12 heavy (non-hydrogen) atoms. The summed E-state index contributed by atoms with van der Waals surface area (Å²) in [6.45, 7) is -1.91. The average Bonchev–Trinajstić information content (AvgIpc) is 2.05. The van der Waals surface area contributed by atoms with Crippen LogP contribution in [0.1, 0.15) is 12.8 Å². The predicted octanol–water partition coefficient (Wildman–Crippen LogP) is 0.734. The summed E-state index contributed by atoms with van der Waals surface area (Å²) in [5.74, 6) is 0. The van der Waals surface area contributed by atoms with E-state index in [1.807, 2.05) is 0 Å². The second-order valence-electron chi connectivity index (χ2n) is 2.92. The van der Waals surface area contributed by atoms with Crippen molar-refractivity contribution in [2.24, 2.45) is 5.73 Å². The van der Waals surface area contributed by atoms with E-state index in [4.69, 9.17) is 10.5 Å². The van der Waals surface area contributed by atoms with Crippen molar-refractivity contribution in [3.05, 3.63) is 0 Å². The first-order valence-electron chi connectivity index (χ1n) is 3.92. The molecule has 1 aliphatic heterocycles. The van der Waals surface area contributed by atoms with Crippen LogP contribution in [-0.2, 0) is 9.47 Å². The van der Waals surface area contributed by atoms with Crippen molar-refractivity contribution in [2.75, 3.05) is 19.8 Å². The number of alkyl halides is 2. The van der Waals surface area contributed by atoms with E-state index in [2.05, 4.69) is 4.74 Å². The van der Waals surface area contributed by atoms with Gasteiger partial charge in [-0.3, -0.25) is 0 Å². The molecule has 1 atom stereocenters. The second kappa shape index (κ2) is 4.11. The molecule has 0 aromatic rings. The van der Waals surface area contributed by atoms with E-state index in [9.17, 15) is 8.78 Å². The number of halogens is 2. The van der Waals surface area contributed by atoms with Gasteiger partial charge in [-0.15, -0.1) is 0 Å². The Morgan fingerprint density at radius 2 is 2.33 bits per heavy atom. The van der Waals surface area contributed by atoms with E-state index in [0.717, 1.165) is 6.42 Å². The van der Waals surface area contributed by atoms with Crippen molar-refractivity contribution in [3.63, 3.8) is 0 Å². The van der Waals surface area contributed by atoms with Gasteiger partial charge in [0, 0.05) is 13.2 Å². The Hall–Kier alpha value is -0.260. The lowest BCUT2D eigenvalue weighted by atomic mass is 9.97. The Bertz CT molecular complexity index is 137. The molecular formula is C7H13F2NO2. The van der Waals surface area contributed by atoms with Crippen molar-refractivity contribution in [2.45, 2.75) is 25.1 Å². The maximum Gasteiger partial charge on any atom is 0.345 e. The van der Waals surface area contributed by atoms with E-state index in [-0.39, 0.29) is 13.2 Å². The van der Waals surface area contributed by atoms with Crippen LogP contribution in [0.4, 0.5) is 8.78 Å². The fourth-order valence-electron chi connectivity index (χ4n) is 1.32. The summed E-state index contributed by atoms with van der Waals surface area (Å²) in [6, 6.07) is 0. The first-order valence-corrected chi connectivity index (χ1v) is 3.92. The molecule has 0 aromatic heterocycles. The first-order chi connectivity index (χ1) is 5.68. The molecule has 2 N–H and O–H groups in total. The van der Waals surface area contributed by atoms with E-state index in [1.165, 1.54) is 0 Å². The average molecular weight is 181 g/mol. The van der Waals surface area contributed by atoms with Crippen LogP contribution in [0.15, 0.2) is 0 Å². The summed E-state index contributed by atoms with van der Waals surface area (Å²) in [5, 5.41) is 0. The molecule has 0 spiro atoms. The molecular weight excluding hydrogens is 168 g/mol. The van der Waals surface area contributed by atoms with Gasteiger partial charge in [0.1, 0.15) is 5.60 Å². The van der Waals surface area contributed by atoms with Crippen LogP contribution in [0.3, 0.4) is 0 Å². The molecule has 5 heteroatoms. The van der Waals surface area contributed by atoms with Gasteiger partial charge >= 0.3 is 6.61 Å². The number of nitrogens with two attached hydrogens (primary N) is 1. The molecule has 0 radical (unpaired) electrons. The molecule has 0 aliphatic carbocycles. The smallest absolute Gasteiger partial charge is 0.345 e. The number of ether oxygens (including phenoxy) is 2. The van der Waals surface area contributed by atoms with Gasteiger partial charge in [-0.25, -0.2) is 0 Å². The Balaban J connectivity index is 2.48. The summed E-state index contributed by atoms with van der Waals surface area (Å²) >= 11 is 0. The zero-order chi connectivity index (χ0) is 9.03. The van der Waals surface area contributed by atoms with Gasteiger partial charge in [0.25, 0.3) is 0 Å². The largest absolute Gasteiger partial charge is 0.378 e. The Kier molecular flexibility index (Phi) is 3.37. The summed E-state index contributed by atoms with van der Waals surface area (Å²) in [6.07, 6.45) is 1.28. The van der Waals surface area contributed by atoms with Crippen LogP contribution in [0.25, 0.3) is 0 Å². The van der Waals surface area contributed by atoms with E-state index >= 15 is 0 Å². The monoisotopic (exact) mass is 181 g/mol. The van der Waals surface area contributed by atoms with Gasteiger partial charge in [0.15, 0.2) is 0 Å². The van der Waals surface area contributed by atoms with Gasteiger partial charge < -0.3 is 15.2 Å². The number of hydrogen-bond acceptors (Lipinski definition) is 3. The molecule has 0 saturated carbocycles. The van der Waals surface area contributed by atoms with Crippen LogP contribution in [0.5, 0.6) is 0 Å². The number of rotatable bonds is 3. The molecule has 1 saturated heterocycles. The zero-order valence-corrected chi connectivity index (χ0v) is 6.76. The molecule has 1 unspecified atom stereocenters. The molecule has 1 fully saturated rings. The van der Waals surface area contributed by atoms with Crippen molar-refractivity contribution in [1.82, 2.24) is 0 Å². The maximum absolute atomic E-state index is 11.9. The fourth-order valence-corrected chi connectivity index (χ4v) is 1.32. The van der Waals surface area contributed by atoms with Crippen LogP contribution < -0.4 is 5.73 Å². The minimum Gasteiger partial charge on any atom is -0.378 e. The Labute approximate surface area is 69.8 Å². The highest BCUT2D eigenvalue weighted by atomic mass is 19.3. The van der Waals surface area contributed by atoms with Crippen LogP contribution in [-0.4, -0.2) is 32.0 Å². The van der Waals surface area contributed by atoms with E-state index in [0.29, 0.717) is 13.0 Å². The lowest BCUT2D eigenvalue weighted by Crippen LogP contribution is -2.48. The van der Waals surface area contributed by atoms with Crippen molar-refractivity contribution < 1.29 is 18.3 Å². The highest BCUT2D eigenvalue weighted by Gasteiger charge is 2.35. The normalized spacial score (nSPS) is 31.0. The molecule has 1 heterocycles. The summed E-state index contributed by atoms with van der Waals surface area (Å²) in [5.41, 5.74) is 4.40. The summed E-state index contributed by atoms with van der Waals surface area (Å²) < 4.78 is 33.3. The van der Waals surface area contributed by atoms with Crippen LogP contribution >= 0.6 is 0 Å². The van der Waals surface area contributed by atoms with Crippen LogP contribution in [0.2, 0.25) is 0 Å². The molecule has 0 amide bonds. The standard InChI is InChI=1S/C7H13F2NO2/c8-6(9)12-7(4-10)2-1-3-11-5-7/h6H,1-5,10H2. The summed E-state index contributed by atoms with van der Waals surface area (Å²) in [4.78, 5) is 0. The van der Waals surface area contributed by atoms with Crippen molar-refractivity contribution >= 4 is 0 Å². The molecule has 72 valence electrons. The molecule has 3 nitrogen and oxygen atoms in total. The van der Waals surface area contributed by atoms with Crippen molar-refractivity contribution in [3.8, 4) is 0 Å². The minimum atomic E-state index is -2.77. The Morgan fingerprint density at radius 3 is 2.75 bits per heavy atom. The van der Waals surface area contributed by atoms with Gasteiger partial charge in [-0.1, -0.05) is 0 Å².